The van der Waals surface area contributed by atoms with Crippen molar-refractivity contribution in [2.24, 2.45) is 0 Å². The summed E-state index contributed by atoms with van der Waals surface area (Å²) in [6.07, 6.45) is 1.61. The van der Waals surface area contributed by atoms with Crippen LogP contribution in [0.1, 0.15) is 11.1 Å². The highest BCUT2D eigenvalue weighted by Crippen LogP contribution is 2.37. The van der Waals surface area contributed by atoms with Gasteiger partial charge in [0.2, 0.25) is 0 Å². The largest absolute Gasteiger partial charge is 0.497 e. The minimum atomic E-state index is 0.476. The molecule has 1 N–H and O–H groups in total. The number of aromatic nitrogens is 2. The van der Waals surface area contributed by atoms with Crippen molar-refractivity contribution in [2.45, 2.75) is 13.2 Å². The Hall–Kier alpha value is -3.98. The summed E-state index contributed by atoms with van der Waals surface area (Å²) in [4.78, 5) is 12.7. The van der Waals surface area contributed by atoms with Crippen molar-refractivity contribution in [3.05, 3.63) is 96.3 Å². The molecule has 5 aromatic rings. The molecule has 0 amide bonds. The smallest absolute Gasteiger partial charge is 0.151 e. The zero-order valence-corrected chi connectivity index (χ0v) is 22.6. The van der Waals surface area contributed by atoms with E-state index in [2.05, 4.69) is 50.5 Å². The predicted octanol–water partition coefficient (Wildman–Crippen LogP) is 6.52. The number of rotatable bonds is 9. The summed E-state index contributed by atoms with van der Waals surface area (Å²) < 4.78 is 17.8. The number of hydrogen-bond acceptors (Lipinski definition) is 8. The first-order valence-corrected chi connectivity index (χ1v) is 13.8. The molecule has 0 aliphatic carbocycles. The molecule has 0 radical (unpaired) electrons. The SMILES string of the molecule is COc1ccc(COc2cccc(Nc3ncnc4cc(-c5cccc(CN6CCOCC6)c5)sc34)c2)cc1. The number of methoxy groups -OCH3 is 1. The second-order valence-corrected chi connectivity index (χ2v) is 10.5. The van der Waals surface area contributed by atoms with Gasteiger partial charge in [-0.15, -0.1) is 11.3 Å². The van der Waals surface area contributed by atoms with Crippen LogP contribution in [0.2, 0.25) is 0 Å². The van der Waals surface area contributed by atoms with Gasteiger partial charge in [-0.25, -0.2) is 9.97 Å². The van der Waals surface area contributed by atoms with Crippen molar-refractivity contribution in [3.63, 3.8) is 0 Å². The molecule has 39 heavy (non-hydrogen) atoms. The molecule has 0 bridgehead atoms. The van der Waals surface area contributed by atoms with Crippen molar-refractivity contribution >= 4 is 33.1 Å². The normalized spacial score (nSPS) is 13.9. The van der Waals surface area contributed by atoms with Gasteiger partial charge < -0.3 is 19.5 Å². The molecule has 0 atom stereocenters. The number of nitrogens with zero attached hydrogens (tertiary/aromatic N) is 3. The lowest BCUT2D eigenvalue weighted by Gasteiger charge is -2.26. The van der Waals surface area contributed by atoms with Gasteiger partial charge in [0.1, 0.15) is 24.4 Å². The number of nitrogens with one attached hydrogen (secondary N) is 1. The van der Waals surface area contributed by atoms with E-state index in [0.29, 0.717) is 6.61 Å². The lowest BCUT2D eigenvalue weighted by atomic mass is 10.1. The first-order chi connectivity index (χ1) is 19.2. The van der Waals surface area contributed by atoms with Crippen LogP contribution in [0, 0.1) is 0 Å². The van der Waals surface area contributed by atoms with Crippen LogP contribution in [0.3, 0.4) is 0 Å². The van der Waals surface area contributed by atoms with Gasteiger partial charge in [0, 0.05) is 36.3 Å². The summed E-state index contributed by atoms with van der Waals surface area (Å²) in [6.45, 7) is 4.98. The third-order valence-electron chi connectivity index (χ3n) is 6.69. The maximum absolute atomic E-state index is 6.04. The molecule has 7 nitrogen and oxygen atoms in total. The van der Waals surface area contributed by atoms with E-state index in [-0.39, 0.29) is 0 Å². The second kappa shape index (κ2) is 11.8. The van der Waals surface area contributed by atoms with Gasteiger partial charge in [0.05, 0.1) is 30.5 Å². The van der Waals surface area contributed by atoms with E-state index in [1.54, 1.807) is 24.8 Å². The fourth-order valence-corrected chi connectivity index (χ4v) is 5.67. The third kappa shape index (κ3) is 6.20. The number of anilines is 2. The van der Waals surface area contributed by atoms with Crippen LogP contribution in [-0.2, 0) is 17.9 Å². The monoisotopic (exact) mass is 538 g/mol. The molecule has 1 saturated heterocycles. The zero-order chi connectivity index (χ0) is 26.4. The summed E-state index contributed by atoms with van der Waals surface area (Å²) in [7, 11) is 1.66. The van der Waals surface area contributed by atoms with Gasteiger partial charge in [0.25, 0.3) is 0 Å². The highest BCUT2D eigenvalue weighted by atomic mass is 32.1. The van der Waals surface area contributed by atoms with Crippen molar-refractivity contribution in [1.29, 1.82) is 0 Å². The van der Waals surface area contributed by atoms with E-state index < -0.39 is 0 Å². The Labute approximate surface area is 232 Å². The van der Waals surface area contributed by atoms with E-state index in [1.807, 2.05) is 48.5 Å². The fraction of sp³-hybridized carbons (Fsp3) is 0.226. The van der Waals surface area contributed by atoms with Gasteiger partial charge in [-0.1, -0.05) is 36.4 Å². The molecule has 3 aromatic carbocycles. The summed E-state index contributed by atoms with van der Waals surface area (Å²) in [5.41, 5.74) is 5.42. The van der Waals surface area contributed by atoms with E-state index in [9.17, 15) is 0 Å². The van der Waals surface area contributed by atoms with Gasteiger partial charge in [0.15, 0.2) is 5.82 Å². The molecule has 8 heteroatoms. The molecule has 0 spiro atoms. The van der Waals surface area contributed by atoms with Gasteiger partial charge in [-0.3, -0.25) is 4.90 Å². The fourth-order valence-electron chi connectivity index (χ4n) is 4.61. The van der Waals surface area contributed by atoms with Crippen LogP contribution < -0.4 is 14.8 Å². The highest BCUT2D eigenvalue weighted by molar-refractivity contribution is 7.22. The van der Waals surface area contributed by atoms with Crippen LogP contribution in [-0.4, -0.2) is 48.3 Å². The molecule has 198 valence electrons. The Morgan fingerprint density at radius 3 is 2.59 bits per heavy atom. The van der Waals surface area contributed by atoms with Crippen molar-refractivity contribution < 1.29 is 14.2 Å². The van der Waals surface area contributed by atoms with Crippen molar-refractivity contribution in [3.8, 4) is 21.9 Å². The maximum atomic E-state index is 6.04. The molecule has 0 unspecified atom stereocenters. The molecule has 0 saturated carbocycles. The standard InChI is InChI=1S/C31H30N4O3S/c1-36-26-10-8-22(9-11-26)20-38-27-7-3-6-25(17-27)34-31-30-28(32-21-33-31)18-29(39-30)24-5-2-4-23(16-24)19-35-12-14-37-15-13-35/h2-11,16-18,21H,12-15,19-20H2,1H3,(H,32,33,34). The predicted molar refractivity (Wildman–Crippen MR) is 156 cm³/mol. The topological polar surface area (TPSA) is 68.7 Å². The lowest BCUT2D eigenvalue weighted by molar-refractivity contribution is 0.0342. The zero-order valence-electron chi connectivity index (χ0n) is 21.8. The summed E-state index contributed by atoms with van der Waals surface area (Å²) in [6, 6.07) is 26.7. The molecular weight excluding hydrogens is 508 g/mol. The first kappa shape index (κ1) is 25.3. The Morgan fingerprint density at radius 2 is 1.74 bits per heavy atom. The average Bonchev–Trinajstić information content (AvgIpc) is 3.43. The summed E-state index contributed by atoms with van der Waals surface area (Å²) in [5.74, 6) is 2.40. The molecule has 1 aliphatic rings. The molecule has 1 fully saturated rings. The molecule has 2 aromatic heterocycles. The number of fused-ring (bicyclic) bond motifs is 1. The van der Waals surface area contributed by atoms with Crippen LogP contribution in [0.25, 0.3) is 20.7 Å². The maximum Gasteiger partial charge on any atom is 0.151 e. The van der Waals surface area contributed by atoms with Gasteiger partial charge in [-0.05, 0) is 53.1 Å². The minimum Gasteiger partial charge on any atom is -0.497 e. The molecule has 1 aliphatic heterocycles. The quantitative estimate of drug-likeness (QED) is 0.229. The van der Waals surface area contributed by atoms with Crippen LogP contribution in [0.5, 0.6) is 11.5 Å². The van der Waals surface area contributed by atoms with Crippen LogP contribution in [0.15, 0.2) is 85.2 Å². The average molecular weight is 539 g/mol. The number of thiophene rings is 1. The Bertz CT molecular complexity index is 1550. The van der Waals surface area contributed by atoms with E-state index >= 15 is 0 Å². The molecule has 6 rings (SSSR count). The number of ether oxygens (including phenoxy) is 3. The number of benzene rings is 3. The van der Waals surface area contributed by atoms with E-state index in [1.165, 1.54) is 16.0 Å². The second-order valence-electron chi connectivity index (χ2n) is 9.43. The molecule has 3 heterocycles. The third-order valence-corrected chi connectivity index (χ3v) is 7.87. The Kier molecular flexibility index (Phi) is 7.67. The highest BCUT2D eigenvalue weighted by Gasteiger charge is 2.14. The number of hydrogen-bond donors (Lipinski definition) is 1. The van der Waals surface area contributed by atoms with Gasteiger partial charge >= 0.3 is 0 Å². The van der Waals surface area contributed by atoms with Gasteiger partial charge in [-0.2, -0.15) is 0 Å². The Balaban J connectivity index is 1.17. The van der Waals surface area contributed by atoms with Crippen molar-refractivity contribution in [2.75, 3.05) is 38.7 Å². The molecular formula is C31H30N4O3S. The first-order valence-electron chi connectivity index (χ1n) is 13.0. The van der Waals surface area contributed by atoms with Crippen LogP contribution >= 0.6 is 11.3 Å². The Morgan fingerprint density at radius 1 is 0.897 bits per heavy atom. The summed E-state index contributed by atoms with van der Waals surface area (Å²) >= 11 is 1.70. The van der Waals surface area contributed by atoms with Crippen LogP contribution in [0.4, 0.5) is 11.5 Å². The minimum absolute atomic E-state index is 0.476. The van der Waals surface area contributed by atoms with E-state index in [4.69, 9.17) is 14.2 Å². The van der Waals surface area contributed by atoms with Crippen molar-refractivity contribution in [1.82, 2.24) is 14.9 Å². The van der Waals surface area contributed by atoms with E-state index in [0.717, 1.165) is 71.6 Å². The summed E-state index contributed by atoms with van der Waals surface area (Å²) in [5, 5.41) is 3.48. The number of morpholine rings is 1. The lowest BCUT2D eigenvalue weighted by Crippen LogP contribution is -2.35.